The molecular formula is C22H22ClNO2. The van der Waals surface area contributed by atoms with Crippen molar-refractivity contribution in [1.29, 1.82) is 0 Å². The topological polar surface area (TPSA) is 40.5 Å². The number of hydrogen-bond donors (Lipinski definition) is 1. The minimum absolute atomic E-state index is 0.0579. The summed E-state index contributed by atoms with van der Waals surface area (Å²) < 4.78 is 0. The number of rotatable bonds is 3. The highest BCUT2D eigenvalue weighted by Gasteiger charge is 2.48. The van der Waals surface area contributed by atoms with Crippen molar-refractivity contribution in [3.8, 4) is 0 Å². The van der Waals surface area contributed by atoms with Crippen molar-refractivity contribution >= 4 is 23.1 Å². The Morgan fingerprint density at radius 1 is 0.962 bits per heavy atom. The zero-order chi connectivity index (χ0) is 18.1. The van der Waals surface area contributed by atoms with E-state index in [-0.39, 0.29) is 11.9 Å². The second-order valence-electron chi connectivity index (χ2n) is 7.12. The molecule has 1 N–H and O–H groups in total. The van der Waals surface area contributed by atoms with E-state index in [1.165, 1.54) is 6.42 Å². The Balaban J connectivity index is 1.80. The molecule has 1 heterocycles. The van der Waals surface area contributed by atoms with Crippen LogP contribution in [0.15, 0.2) is 60.7 Å². The van der Waals surface area contributed by atoms with Gasteiger partial charge >= 0.3 is 0 Å². The predicted octanol–water partition coefficient (Wildman–Crippen LogP) is 4.74. The molecule has 26 heavy (non-hydrogen) atoms. The van der Waals surface area contributed by atoms with E-state index in [1.54, 1.807) is 23.1 Å². The number of aliphatic hydroxyl groups is 1. The highest BCUT2D eigenvalue weighted by atomic mass is 35.5. The van der Waals surface area contributed by atoms with Crippen molar-refractivity contribution in [3.63, 3.8) is 0 Å². The van der Waals surface area contributed by atoms with Gasteiger partial charge in [-0.2, -0.15) is 0 Å². The van der Waals surface area contributed by atoms with Gasteiger partial charge in [0.2, 0.25) is 0 Å². The Bertz CT molecular complexity index is 825. The first kappa shape index (κ1) is 17.3. The van der Waals surface area contributed by atoms with Crippen molar-refractivity contribution in [2.24, 2.45) is 0 Å². The molecule has 4 heteroatoms. The SMILES string of the molecule is O=C1C(c2ccc(Cl)cc2)=CC(O)(c2ccccc2)N1C1CCCCC1. The summed E-state index contributed by atoms with van der Waals surface area (Å²) in [5, 5.41) is 12.3. The van der Waals surface area contributed by atoms with Crippen LogP contribution in [0.2, 0.25) is 5.02 Å². The Morgan fingerprint density at radius 2 is 1.62 bits per heavy atom. The van der Waals surface area contributed by atoms with Crippen molar-refractivity contribution < 1.29 is 9.90 Å². The monoisotopic (exact) mass is 367 g/mol. The Hall–Kier alpha value is -2.10. The zero-order valence-electron chi connectivity index (χ0n) is 14.6. The maximum atomic E-state index is 13.3. The first-order valence-electron chi connectivity index (χ1n) is 9.20. The van der Waals surface area contributed by atoms with E-state index in [1.807, 2.05) is 42.5 Å². The minimum Gasteiger partial charge on any atom is -0.363 e. The minimum atomic E-state index is -1.41. The van der Waals surface area contributed by atoms with Gasteiger partial charge in [-0.1, -0.05) is 73.3 Å². The predicted molar refractivity (Wildman–Crippen MR) is 103 cm³/mol. The molecule has 0 radical (unpaired) electrons. The summed E-state index contributed by atoms with van der Waals surface area (Å²) in [6.45, 7) is 0. The van der Waals surface area contributed by atoms with Crippen molar-refractivity contribution in [1.82, 2.24) is 4.90 Å². The van der Waals surface area contributed by atoms with Crippen LogP contribution < -0.4 is 0 Å². The third-order valence-corrected chi connectivity index (χ3v) is 5.71. The molecule has 134 valence electrons. The Kier molecular flexibility index (Phi) is 4.60. The molecule has 0 spiro atoms. The molecule has 2 aliphatic rings. The van der Waals surface area contributed by atoms with E-state index in [4.69, 9.17) is 11.6 Å². The van der Waals surface area contributed by atoms with E-state index in [9.17, 15) is 9.90 Å². The maximum Gasteiger partial charge on any atom is 0.257 e. The van der Waals surface area contributed by atoms with E-state index >= 15 is 0 Å². The molecule has 1 aliphatic carbocycles. The van der Waals surface area contributed by atoms with Crippen molar-refractivity contribution in [2.45, 2.75) is 43.9 Å². The lowest BCUT2D eigenvalue weighted by atomic mass is 9.91. The fourth-order valence-electron chi connectivity index (χ4n) is 4.14. The molecular weight excluding hydrogens is 346 g/mol. The summed E-state index contributed by atoms with van der Waals surface area (Å²) in [5.41, 5.74) is 0.642. The fourth-order valence-corrected chi connectivity index (χ4v) is 4.27. The van der Waals surface area contributed by atoms with Gasteiger partial charge in [0.1, 0.15) is 0 Å². The van der Waals surface area contributed by atoms with Gasteiger partial charge in [0.15, 0.2) is 5.72 Å². The van der Waals surface area contributed by atoms with Gasteiger partial charge in [-0.15, -0.1) is 0 Å². The molecule has 1 amide bonds. The molecule has 3 nitrogen and oxygen atoms in total. The zero-order valence-corrected chi connectivity index (χ0v) is 15.3. The van der Waals surface area contributed by atoms with Gasteiger partial charge in [-0.05, 0) is 36.6 Å². The maximum absolute atomic E-state index is 13.3. The van der Waals surface area contributed by atoms with Crippen LogP contribution in [0.1, 0.15) is 43.2 Å². The van der Waals surface area contributed by atoms with Crippen LogP contribution in [0.4, 0.5) is 0 Å². The van der Waals surface area contributed by atoms with Crippen LogP contribution in [0.5, 0.6) is 0 Å². The average molecular weight is 368 g/mol. The molecule has 1 unspecified atom stereocenters. The molecule has 4 rings (SSSR count). The molecule has 0 saturated heterocycles. The second kappa shape index (κ2) is 6.90. The first-order valence-corrected chi connectivity index (χ1v) is 9.58. The Morgan fingerprint density at radius 3 is 2.27 bits per heavy atom. The summed E-state index contributed by atoms with van der Waals surface area (Å²) >= 11 is 5.99. The number of amides is 1. The van der Waals surface area contributed by atoms with Crippen LogP contribution in [0, 0.1) is 0 Å². The van der Waals surface area contributed by atoms with Gasteiger partial charge in [-0.25, -0.2) is 0 Å². The largest absolute Gasteiger partial charge is 0.363 e. The summed E-state index contributed by atoms with van der Waals surface area (Å²) in [4.78, 5) is 15.0. The number of hydrogen-bond acceptors (Lipinski definition) is 2. The molecule has 1 fully saturated rings. The molecule has 0 aromatic heterocycles. The third-order valence-electron chi connectivity index (χ3n) is 5.46. The highest BCUT2D eigenvalue weighted by Crippen LogP contribution is 2.43. The summed E-state index contributed by atoms with van der Waals surface area (Å²) in [7, 11) is 0. The van der Waals surface area contributed by atoms with Crippen molar-refractivity contribution in [3.05, 3.63) is 76.8 Å². The van der Waals surface area contributed by atoms with E-state index in [0.29, 0.717) is 10.6 Å². The molecule has 1 aliphatic heterocycles. The van der Waals surface area contributed by atoms with Gasteiger partial charge in [0.05, 0.1) is 0 Å². The molecule has 1 saturated carbocycles. The second-order valence-corrected chi connectivity index (χ2v) is 7.56. The van der Waals surface area contributed by atoms with E-state index in [0.717, 1.165) is 36.8 Å². The highest BCUT2D eigenvalue weighted by molar-refractivity contribution is 6.30. The van der Waals surface area contributed by atoms with Crippen LogP contribution in [0.3, 0.4) is 0 Å². The molecule has 2 aromatic carbocycles. The lowest BCUT2D eigenvalue weighted by Gasteiger charge is -2.41. The third kappa shape index (κ3) is 2.95. The number of carbonyl (C=O) groups excluding carboxylic acids is 1. The Labute approximate surface area is 158 Å². The smallest absolute Gasteiger partial charge is 0.257 e. The number of carbonyl (C=O) groups is 1. The number of halogens is 1. The average Bonchev–Trinajstić information content (AvgIpc) is 2.96. The molecule has 1 atom stereocenters. The van der Waals surface area contributed by atoms with Crippen LogP contribution in [0.25, 0.3) is 5.57 Å². The van der Waals surface area contributed by atoms with Gasteiger partial charge in [-0.3, -0.25) is 9.69 Å². The van der Waals surface area contributed by atoms with E-state index in [2.05, 4.69) is 0 Å². The molecule has 0 bridgehead atoms. The quantitative estimate of drug-likeness (QED) is 0.850. The van der Waals surface area contributed by atoms with E-state index < -0.39 is 5.72 Å². The fraction of sp³-hybridized carbons (Fsp3) is 0.318. The lowest BCUT2D eigenvalue weighted by Crippen LogP contribution is -2.50. The molecule has 2 aromatic rings. The van der Waals surface area contributed by atoms with Gasteiger partial charge in [0.25, 0.3) is 5.91 Å². The number of benzene rings is 2. The summed E-state index contributed by atoms with van der Waals surface area (Å²) in [5.74, 6) is -0.106. The van der Waals surface area contributed by atoms with Gasteiger partial charge in [0, 0.05) is 22.2 Å². The van der Waals surface area contributed by atoms with Crippen LogP contribution in [-0.2, 0) is 10.5 Å². The van der Waals surface area contributed by atoms with Crippen molar-refractivity contribution in [2.75, 3.05) is 0 Å². The lowest BCUT2D eigenvalue weighted by molar-refractivity contribution is -0.150. The standard InChI is InChI=1S/C22H22ClNO2/c23-18-13-11-16(12-14-18)20-15-22(26,17-7-3-1-4-8-17)24(21(20)25)19-9-5-2-6-10-19/h1,3-4,7-8,11-15,19,26H,2,5-6,9-10H2. The number of nitrogens with zero attached hydrogens (tertiary/aromatic N) is 1. The first-order chi connectivity index (χ1) is 12.6. The summed E-state index contributed by atoms with van der Waals surface area (Å²) in [6, 6.07) is 16.7. The van der Waals surface area contributed by atoms with Crippen LogP contribution in [-0.4, -0.2) is 22.0 Å². The normalized spacial score (nSPS) is 24.0. The van der Waals surface area contributed by atoms with Crippen LogP contribution >= 0.6 is 11.6 Å². The summed E-state index contributed by atoms with van der Waals surface area (Å²) in [6.07, 6.45) is 6.96. The van der Waals surface area contributed by atoms with Gasteiger partial charge < -0.3 is 5.11 Å².